The van der Waals surface area contributed by atoms with Gasteiger partial charge < -0.3 is 0 Å². The van der Waals surface area contributed by atoms with E-state index < -0.39 is 0 Å². The standard InChI is InChI=1S/C15H13S/c1-2-6-12(7-3-1)14-8-4-5-9-15(14)16-13-10-11-13/h1-9H,10-11H2. The monoisotopic (exact) mass is 225 g/mol. The lowest BCUT2D eigenvalue weighted by Gasteiger charge is -2.08. The lowest BCUT2D eigenvalue weighted by Crippen LogP contribution is -1.81. The number of thioether (sulfide) groups is 1. The zero-order chi connectivity index (χ0) is 10.8. The average Bonchev–Trinajstić information content (AvgIpc) is 3.15. The van der Waals surface area contributed by atoms with E-state index in [1.54, 1.807) is 5.25 Å². The molecule has 0 N–H and O–H groups in total. The van der Waals surface area contributed by atoms with Gasteiger partial charge in [-0.15, -0.1) is 11.8 Å². The molecule has 0 spiro atoms. The number of hydrogen-bond donors (Lipinski definition) is 0. The summed E-state index contributed by atoms with van der Waals surface area (Å²) in [5, 5.41) is 1.61. The molecule has 1 aliphatic rings. The molecule has 0 heterocycles. The molecule has 1 radical (unpaired) electrons. The van der Waals surface area contributed by atoms with Crippen LogP contribution in [0.5, 0.6) is 0 Å². The minimum absolute atomic E-state index is 1.30. The first-order valence-electron chi connectivity index (χ1n) is 5.60. The Morgan fingerprint density at radius 1 is 0.750 bits per heavy atom. The summed E-state index contributed by atoms with van der Waals surface area (Å²) in [6, 6.07) is 19.3. The quantitative estimate of drug-likeness (QED) is 0.725. The van der Waals surface area contributed by atoms with Crippen molar-refractivity contribution in [3.05, 3.63) is 59.8 Å². The van der Waals surface area contributed by atoms with Crippen LogP contribution in [0.15, 0.2) is 59.5 Å². The van der Waals surface area contributed by atoms with Crippen LogP contribution in [0.2, 0.25) is 0 Å². The maximum absolute atomic E-state index is 2.22. The summed E-state index contributed by atoms with van der Waals surface area (Å²) >= 11 is 1.95. The average molecular weight is 225 g/mol. The Balaban J connectivity index is 1.98. The Morgan fingerprint density at radius 3 is 2.19 bits per heavy atom. The highest BCUT2D eigenvalue weighted by Gasteiger charge is 2.24. The first-order chi connectivity index (χ1) is 7.93. The van der Waals surface area contributed by atoms with E-state index in [9.17, 15) is 0 Å². The zero-order valence-electron chi connectivity index (χ0n) is 9.02. The van der Waals surface area contributed by atoms with Crippen LogP contribution in [0.4, 0.5) is 0 Å². The first-order valence-corrected chi connectivity index (χ1v) is 6.42. The van der Waals surface area contributed by atoms with Crippen molar-refractivity contribution < 1.29 is 0 Å². The zero-order valence-corrected chi connectivity index (χ0v) is 9.84. The fourth-order valence-electron chi connectivity index (χ4n) is 1.72. The number of rotatable bonds is 3. The second-order valence-corrected chi connectivity index (χ2v) is 5.22. The largest absolute Gasteiger partial charge is 0.117 e. The third kappa shape index (κ3) is 2.14. The highest BCUT2D eigenvalue weighted by atomic mass is 32.2. The third-order valence-electron chi connectivity index (χ3n) is 2.68. The van der Waals surface area contributed by atoms with E-state index in [1.807, 2.05) is 11.8 Å². The summed E-state index contributed by atoms with van der Waals surface area (Å²) in [5.74, 6) is 0. The fraction of sp³-hybridized carbons (Fsp3) is 0.133. The molecule has 0 saturated heterocycles. The smallest absolute Gasteiger partial charge is 0.0358 e. The van der Waals surface area contributed by atoms with Gasteiger partial charge in [0.05, 0.1) is 0 Å². The molecule has 0 amide bonds. The van der Waals surface area contributed by atoms with Crippen LogP contribution >= 0.6 is 11.8 Å². The van der Waals surface area contributed by atoms with Crippen LogP contribution in [0.1, 0.15) is 12.8 Å². The Hall–Kier alpha value is -1.21. The van der Waals surface area contributed by atoms with Crippen molar-refractivity contribution in [2.75, 3.05) is 0 Å². The minimum atomic E-state index is 1.30. The van der Waals surface area contributed by atoms with Gasteiger partial charge in [-0.25, -0.2) is 0 Å². The molecule has 0 atom stereocenters. The van der Waals surface area contributed by atoms with E-state index in [0.29, 0.717) is 0 Å². The molecule has 1 aliphatic carbocycles. The van der Waals surface area contributed by atoms with E-state index in [-0.39, 0.29) is 0 Å². The topological polar surface area (TPSA) is 0 Å². The highest BCUT2D eigenvalue weighted by molar-refractivity contribution is 8.02. The van der Waals surface area contributed by atoms with E-state index >= 15 is 0 Å². The fourth-order valence-corrected chi connectivity index (χ4v) is 2.78. The predicted octanol–water partition coefficient (Wildman–Crippen LogP) is 4.77. The summed E-state index contributed by atoms with van der Waals surface area (Å²) < 4.78 is 0. The van der Waals surface area contributed by atoms with Crippen molar-refractivity contribution in [1.82, 2.24) is 0 Å². The third-order valence-corrected chi connectivity index (χ3v) is 3.95. The lowest BCUT2D eigenvalue weighted by molar-refractivity contribution is 1.44. The van der Waals surface area contributed by atoms with Gasteiger partial charge in [-0.2, -0.15) is 0 Å². The van der Waals surface area contributed by atoms with Crippen LogP contribution < -0.4 is 0 Å². The second kappa shape index (κ2) is 4.34. The first kappa shape index (κ1) is 9.98. The molecule has 0 bridgehead atoms. The normalized spacial score (nSPS) is 15.0. The van der Waals surface area contributed by atoms with Gasteiger partial charge in [-0.3, -0.25) is 0 Å². The Bertz CT molecular complexity index is 472. The molecular weight excluding hydrogens is 212 g/mol. The van der Waals surface area contributed by atoms with Crippen LogP contribution in [0.25, 0.3) is 11.1 Å². The van der Waals surface area contributed by atoms with Gasteiger partial charge in [0, 0.05) is 10.1 Å². The molecule has 3 rings (SSSR count). The summed E-state index contributed by atoms with van der Waals surface area (Å²) in [5.41, 5.74) is 2.67. The number of benzene rings is 2. The van der Waals surface area contributed by atoms with Gasteiger partial charge in [0.15, 0.2) is 0 Å². The van der Waals surface area contributed by atoms with Crippen LogP contribution in [0.3, 0.4) is 0 Å². The van der Waals surface area contributed by atoms with Crippen molar-refractivity contribution in [2.24, 2.45) is 0 Å². The molecule has 0 nitrogen and oxygen atoms in total. The highest BCUT2D eigenvalue weighted by Crippen LogP contribution is 2.49. The van der Waals surface area contributed by atoms with Crippen molar-refractivity contribution in [3.63, 3.8) is 0 Å². The van der Waals surface area contributed by atoms with Gasteiger partial charge >= 0.3 is 0 Å². The van der Waals surface area contributed by atoms with Gasteiger partial charge in [-0.1, -0.05) is 48.5 Å². The maximum atomic E-state index is 2.22. The van der Waals surface area contributed by atoms with Crippen molar-refractivity contribution in [1.29, 1.82) is 0 Å². The van der Waals surface area contributed by atoms with E-state index in [4.69, 9.17) is 0 Å². The van der Waals surface area contributed by atoms with Crippen LogP contribution in [-0.2, 0) is 0 Å². The molecular formula is C15H13S. The van der Waals surface area contributed by atoms with Gasteiger partial charge in [-0.05, 0) is 30.0 Å². The molecule has 79 valence electrons. The summed E-state index contributed by atoms with van der Waals surface area (Å²) in [6.07, 6.45) is 2.60. The lowest BCUT2D eigenvalue weighted by atomic mass is 10.1. The Kier molecular flexibility index (Phi) is 2.71. The summed E-state index contributed by atoms with van der Waals surface area (Å²) in [6.45, 7) is 0. The van der Waals surface area contributed by atoms with Gasteiger partial charge in [0.25, 0.3) is 0 Å². The Morgan fingerprint density at radius 2 is 1.44 bits per heavy atom. The molecule has 2 aromatic rings. The van der Waals surface area contributed by atoms with E-state index in [0.717, 1.165) is 0 Å². The molecule has 0 unspecified atom stereocenters. The molecule has 16 heavy (non-hydrogen) atoms. The van der Waals surface area contributed by atoms with Crippen molar-refractivity contribution in [3.8, 4) is 11.1 Å². The Labute approximate surface area is 101 Å². The molecule has 2 aromatic carbocycles. The molecule has 0 aromatic heterocycles. The SMILES string of the molecule is c1ccc(-c2ccccc2S[C]2CC2)cc1. The van der Waals surface area contributed by atoms with Crippen molar-refractivity contribution in [2.45, 2.75) is 17.7 Å². The number of hydrogen-bond acceptors (Lipinski definition) is 1. The summed E-state index contributed by atoms with van der Waals surface area (Å²) in [4.78, 5) is 1.39. The minimum Gasteiger partial charge on any atom is -0.117 e. The van der Waals surface area contributed by atoms with Crippen molar-refractivity contribution >= 4 is 11.8 Å². The molecule has 0 aliphatic heterocycles. The van der Waals surface area contributed by atoms with Crippen LogP contribution in [0, 0.1) is 5.25 Å². The molecule has 1 fully saturated rings. The second-order valence-electron chi connectivity index (χ2n) is 4.00. The van der Waals surface area contributed by atoms with E-state index in [2.05, 4.69) is 54.6 Å². The maximum Gasteiger partial charge on any atom is 0.0358 e. The summed E-state index contributed by atoms with van der Waals surface area (Å²) in [7, 11) is 0. The van der Waals surface area contributed by atoms with Gasteiger partial charge in [0.2, 0.25) is 0 Å². The molecule has 1 heteroatoms. The van der Waals surface area contributed by atoms with E-state index in [1.165, 1.54) is 28.9 Å². The van der Waals surface area contributed by atoms with Crippen LogP contribution in [-0.4, -0.2) is 0 Å². The molecule has 1 saturated carbocycles. The predicted molar refractivity (Wildman–Crippen MR) is 70.2 cm³/mol. The van der Waals surface area contributed by atoms with Gasteiger partial charge in [0.1, 0.15) is 0 Å².